The lowest BCUT2D eigenvalue weighted by Gasteiger charge is -2.14. The van der Waals surface area contributed by atoms with Gasteiger partial charge in [0.25, 0.3) is 0 Å². The molecule has 0 bridgehead atoms. The molecule has 5 aromatic rings. The zero-order chi connectivity index (χ0) is 24.7. The predicted octanol–water partition coefficient (Wildman–Crippen LogP) is 4.59. The number of benzene rings is 3. The SMILES string of the molecule is Cc1ccc(C[n+]2ccc3c(c2)P(=O)(c2ccccc2)c2c[n+](Cc4ccc(C)cc4)ccc2-3)cc1. The van der Waals surface area contributed by atoms with Gasteiger partial charge in [-0.2, -0.15) is 9.13 Å². The molecule has 0 fully saturated rings. The Bertz CT molecular complexity index is 1510. The second-order valence-electron chi connectivity index (χ2n) is 9.75. The average Bonchev–Trinajstić information content (AvgIpc) is 3.16. The summed E-state index contributed by atoms with van der Waals surface area (Å²) in [6.45, 7) is 5.69. The van der Waals surface area contributed by atoms with E-state index in [0.717, 1.165) is 40.1 Å². The molecule has 0 amide bonds. The molecule has 0 aliphatic carbocycles. The third kappa shape index (κ3) is 4.00. The molecule has 0 spiro atoms. The number of aryl methyl sites for hydroxylation is 2. The number of aromatic nitrogens is 2. The summed E-state index contributed by atoms with van der Waals surface area (Å²) in [5.74, 6) is 0. The van der Waals surface area contributed by atoms with Crippen molar-refractivity contribution in [3.8, 4) is 11.1 Å². The van der Waals surface area contributed by atoms with Gasteiger partial charge in [-0.15, -0.1) is 0 Å². The summed E-state index contributed by atoms with van der Waals surface area (Å²) >= 11 is 0. The van der Waals surface area contributed by atoms with Crippen LogP contribution in [0.2, 0.25) is 0 Å². The summed E-state index contributed by atoms with van der Waals surface area (Å²) in [7, 11) is -3.02. The Morgan fingerprint density at radius 2 is 1.03 bits per heavy atom. The number of hydrogen-bond donors (Lipinski definition) is 0. The smallest absolute Gasteiger partial charge is 0.184 e. The fourth-order valence-corrected chi connectivity index (χ4v) is 8.16. The summed E-state index contributed by atoms with van der Waals surface area (Å²) in [4.78, 5) is 0. The van der Waals surface area contributed by atoms with E-state index in [1.54, 1.807) is 0 Å². The Hall–Kier alpha value is -3.81. The van der Waals surface area contributed by atoms with Gasteiger partial charge in [0.05, 0.1) is 10.6 Å². The van der Waals surface area contributed by atoms with E-state index in [1.165, 1.54) is 22.3 Å². The normalized spacial score (nSPS) is 13.3. The minimum atomic E-state index is -3.02. The van der Waals surface area contributed by atoms with Crippen LogP contribution in [0.5, 0.6) is 0 Å². The predicted molar refractivity (Wildman–Crippen MR) is 146 cm³/mol. The lowest BCUT2D eigenvalue weighted by atomic mass is 10.1. The Labute approximate surface area is 212 Å². The molecule has 0 saturated carbocycles. The van der Waals surface area contributed by atoms with Crippen molar-refractivity contribution in [3.05, 3.63) is 138 Å². The second kappa shape index (κ2) is 9.00. The maximum Gasteiger partial charge on any atom is 0.184 e. The molecular formula is C32H29N2OP+2. The molecule has 0 saturated heterocycles. The molecule has 1 aliphatic heterocycles. The van der Waals surface area contributed by atoms with E-state index < -0.39 is 7.14 Å². The summed E-state index contributed by atoms with van der Waals surface area (Å²) in [5, 5.41) is 2.73. The van der Waals surface area contributed by atoms with Crippen LogP contribution in [0.4, 0.5) is 0 Å². The molecule has 3 nitrogen and oxygen atoms in total. The Balaban J connectivity index is 1.45. The third-order valence-electron chi connectivity index (χ3n) is 7.05. The third-order valence-corrected chi connectivity index (χ3v) is 10.1. The number of nitrogens with zero attached hydrogens (tertiary/aromatic N) is 2. The summed E-state index contributed by atoms with van der Waals surface area (Å²) in [5.41, 5.74) is 7.10. The second-order valence-corrected chi connectivity index (χ2v) is 12.4. The van der Waals surface area contributed by atoms with Gasteiger partial charge in [-0.05, 0) is 13.8 Å². The zero-order valence-corrected chi connectivity index (χ0v) is 21.5. The standard InChI is InChI=1S/C32H29N2OP/c1-24-8-12-26(13-9-24)20-33-18-16-29-30-17-19-34(21-27-14-10-25(2)11-15-27)23-32(30)36(35,31(29)22-33)28-6-4-3-5-7-28/h3-19,22-23H,20-21H2,1-2H3/q+2. The maximum atomic E-state index is 15.1. The van der Waals surface area contributed by atoms with Crippen LogP contribution in [-0.2, 0) is 17.7 Å². The van der Waals surface area contributed by atoms with Crippen molar-refractivity contribution in [2.24, 2.45) is 0 Å². The molecule has 6 rings (SSSR count). The first-order valence-corrected chi connectivity index (χ1v) is 14.1. The minimum Gasteiger partial charge on any atom is -0.308 e. The number of rotatable bonds is 5. The molecule has 1 aliphatic rings. The molecular weight excluding hydrogens is 459 g/mol. The van der Waals surface area contributed by atoms with Gasteiger partial charge in [-0.3, -0.25) is 0 Å². The first-order valence-electron chi connectivity index (χ1n) is 12.4. The Morgan fingerprint density at radius 3 is 1.47 bits per heavy atom. The Kier molecular flexibility index (Phi) is 5.66. The van der Waals surface area contributed by atoms with Gasteiger partial charge in [0.15, 0.2) is 45.0 Å². The van der Waals surface area contributed by atoms with Crippen molar-refractivity contribution in [1.82, 2.24) is 0 Å². The van der Waals surface area contributed by atoms with Crippen LogP contribution in [0, 0.1) is 13.8 Å². The van der Waals surface area contributed by atoms with Gasteiger partial charge >= 0.3 is 0 Å². The highest BCUT2D eigenvalue weighted by Crippen LogP contribution is 2.51. The lowest BCUT2D eigenvalue weighted by molar-refractivity contribution is -0.687. The zero-order valence-electron chi connectivity index (χ0n) is 20.6. The van der Waals surface area contributed by atoms with Gasteiger partial charge < -0.3 is 4.57 Å². The van der Waals surface area contributed by atoms with Gasteiger partial charge in [0.1, 0.15) is 0 Å². The molecule has 0 N–H and O–H groups in total. The molecule has 176 valence electrons. The molecule has 2 aromatic heterocycles. The quantitative estimate of drug-likeness (QED) is 0.257. The van der Waals surface area contributed by atoms with Crippen LogP contribution < -0.4 is 25.0 Å². The van der Waals surface area contributed by atoms with Gasteiger partial charge in [-0.1, -0.05) is 90.0 Å². The van der Waals surface area contributed by atoms with E-state index in [0.29, 0.717) is 0 Å². The van der Waals surface area contributed by atoms with E-state index in [4.69, 9.17) is 0 Å². The fraction of sp³-hybridized carbons (Fsp3) is 0.125. The molecule has 0 radical (unpaired) electrons. The molecule has 3 heterocycles. The maximum absolute atomic E-state index is 15.1. The molecule has 4 heteroatoms. The highest BCUT2D eigenvalue weighted by molar-refractivity contribution is 7.86. The van der Waals surface area contributed by atoms with Crippen molar-refractivity contribution < 1.29 is 13.7 Å². The van der Waals surface area contributed by atoms with Crippen LogP contribution >= 0.6 is 7.14 Å². The van der Waals surface area contributed by atoms with Gasteiger partial charge in [0, 0.05) is 39.7 Å². The van der Waals surface area contributed by atoms with Crippen LogP contribution in [-0.4, -0.2) is 0 Å². The van der Waals surface area contributed by atoms with Crippen molar-refractivity contribution >= 4 is 23.1 Å². The van der Waals surface area contributed by atoms with Crippen molar-refractivity contribution in [3.63, 3.8) is 0 Å². The summed E-state index contributed by atoms with van der Waals surface area (Å²) in [6, 6.07) is 31.4. The summed E-state index contributed by atoms with van der Waals surface area (Å²) < 4.78 is 19.4. The van der Waals surface area contributed by atoms with Crippen molar-refractivity contribution in [1.29, 1.82) is 0 Å². The largest absolute Gasteiger partial charge is 0.308 e. The summed E-state index contributed by atoms with van der Waals surface area (Å²) in [6.07, 6.45) is 8.42. The molecule has 36 heavy (non-hydrogen) atoms. The Morgan fingerprint density at radius 1 is 0.583 bits per heavy atom. The van der Waals surface area contributed by atoms with E-state index in [9.17, 15) is 0 Å². The van der Waals surface area contributed by atoms with Crippen molar-refractivity contribution in [2.45, 2.75) is 26.9 Å². The monoisotopic (exact) mass is 488 g/mol. The number of fused-ring (bicyclic) bond motifs is 3. The van der Waals surface area contributed by atoms with Gasteiger partial charge in [0.2, 0.25) is 0 Å². The van der Waals surface area contributed by atoms with E-state index in [1.807, 2.05) is 30.3 Å². The first kappa shape index (κ1) is 22.6. The molecule has 3 aromatic carbocycles. The van der Waals surface area contributed by atoms with E-state index >= 15 is 4.57 Å². The highest BCUT2D eigenvalue weighted by Gasteiger charge is 2.44. The fourth-order valence-electron chi connectivity index (χ4n) is 5.06. The highest BCUT2D eigenvalue weighted by atomic mass is 31.2. The van der Waals surface area contributed by atoms with Crippen LogP contribution in [0.1, 0.15) is 22.3 Å². The van der Waals surface area contributed by atoms with Gasteiger partial charge in [-0.25, -0.2) is 0 Å². The lowest BCUT2D eigenvalue weighted by Crippen LogP contribution is -2.39. The van der Waals surface area contributed by atoms with Crippen LogP contribution in [0.25, 0.3) is 11.1 Å². The van der Waals surface area contributed by atoms with Crippen LogP contribution in [0.15, 0.2) is 116 Å². The minimum absolute atomic E-state index is 0.742. The average molecular weight is 489 g/mol. The number of hydrogen-bond acceptors (Lipinski definition) is 1. The molecule has 0 atom stereocenters. The first-order chi connectivity index (χ1) is 17.5. The molecule has 0 unspecified atom stereocenters. The topological polar surface area (TPSA) is 24.8 Å². The van der Waals surface area contributed by atoms with Crippen molar-refractivity contribution in [2.75, 3.05) is 0 Å². The van der Waals surface area contributed by atoms with E-state index in [2.05, 4.69) is 108 Å². The van der Waals surface area contributed by atoms with Crippen LogP contribution in [0.3, 0.4) is 0 Å². The number of pyridine rings is 2. The van der Waals surface area contributed by atoms with E-state index in [-0.39, 0.29) is 0 Å².